The Morgan fingerprint density at radius 2 is 1.71 bits per heavy atom. The summed E-state index contributed by atoms with van der Waals surface area (Å²) in [6.45, 7) is 0. The van der Waals surface area contributed by atoms with Gasteiger partial charge in [-0.1, -0.05) is 36.4 Å². The molecule has 0 fully saturated rings. The molecule has 0 nitrogen and oxygen atoms in total. The molecule has 0 N–H and O–H groups in total. The van der Waals surface area contributed by atoms with E-state index < -0.39 is 11.7 Å². The predicted molar refractivity (Wildman–Crippen MR) is 52.9 cm³/mol. The first-order valence-electron chi connectivity index (χ1n) is 4.59. The van der Waals surface area contributed by atoms with Gasteiger partial charge in [0.1, 0.15) is 5.83 Å². The quantitative estimate of drug-likeness (QED) is 0.630. The molecule has 0 unspecified atom stereocenters. The summed E-state index contributed by atoms with van der Waals surface area (Å²) in [6, 6.07) is 9.05. The van der Waals surface area contributed by atoms with Crippen LogP contribution in [-0.4, -0.2) is 0 Å². The summed E-state index contributed by atoms with van der Waals surface area (Å²) in [6.07, 6.45) is 2.50. The van der Waals surface area contributed by atoms with E-state index in [-0.39, 0.29) is 6.42 Å². The number of allylic oxidation sites excluding steroid dienone is 4. The van der Waals surface area contributed by atoms with Crippen LogP contribution in [-0.2, 0) is 0 Å². The molecule has 1 aliphatic carbocycles. The molecule has 0 radical (unpaired) electrons. The van der Waals surface area contributed by atoms with Crippen LogP contribution in [0.4, 0.5) is 8.78 Å². The molecule has 0 atom stereocenters. The van der Waals surface area contributed by atoms with Crippen LogP contribution in [0.5, 0.6) is 0 Å². The molecule has 1 aliphatic rings. The second-order valence-corrected chi connectivity index (χ2v) is 3.24. The van der Waals surface area contributed by atoms with E-state index in [0.717, 1.165) is 5.56 Å². The highest BCUT2D eigenvalue weighted by Gasteiger charge is 2.16. The maximum absolute atomic E-state index is 13.4. The molecule has 0 aliphatic heterocycles. The van der Waals surface area contributed by atoms with Crippen LogP contribution in [0.1, 0.15) is 18.4 Å². The van der Waals surface area contributed by atoms with Crippen molar-refractivity contribution < 1.29 is 8.78 Å². The smallest absolute Gasteiger partial charge is 0.162 e. The SMILES string of the molecule is FC1=C(F)C(c2ccccc2)=CCC1. The van der Waals surface area contributed by atoms with Gasteiger partial charge in [-0.25, -0.2) is 8.78 Å². The second kappa shape index (κ2) is 3.74. The van der Waals surface area contributed by atoms with Crippen LogP contribution in [0.2, 0.25) is 0 Å². The van der Waals surface area contributed by atoms with E-state index in [1.54, 1.807) is 18.2 Å². The Kier molecular flexibility index (Phi) is 2.44. The molecule has 2 heteroatoms. The lowest BCUT2D eigenvalue weighted by molar-refractivity contribution is 0.521. The van der Waals surface area contributed by atoms with E-state index in [2.05, 4.69) is 0 Å². The van der Waals surface area contributed by atoms with Crippen molar-refractivity contribution >= 4 is 5.57 Å². The average Bonchev–Trinajstić information content (AvgIpc) is 2.23. The Labute approximate surface area is 81.6 Å². The maximum atomic E-state index is 13.4. The minimum absolute atomic E-state index is 0.183. The summed E-state index contributed by atoms with van der Waals surface area (Å²) < 4.78 is 26.3. The number of hydrogen-bond acceptors (Lipinski definition) is 0. The van der Waals surface area contributed by atoms with E-state index in [1.165, 1.54) is 0 Å². The zero-order valence-electron chi connectivity index (χ0n) is 7.63. The Morgan fingerprint density at radius 3 is 2.43 bits per heavy atom. The normalized spacial score (nSPS) is 16.9. The molecular weight excluding hydrogens is 182 g/mol. The minimum atomic E-state index is -0.706. The summed E-state index contributed by atoms with van der Waals surface area (Å²) >= 11 is 0. The van der Waals surface area contributed by atoms with Crippen LogP contribution in [0, 0.1) is 0 Å². The van der Waals surface area contributed by atoms with Crippen LogP contribution in [0.15, 0.2) is 48.1 Å². The highest BCUT2D eigenvalue weighted by molar-refractivity contribution is 5.78. The van der Waals surface area contributed by atoms with Crippen molar-refractivity contribution in [1.29, 1.82) is 0 Å². The molecule has 1 aromatic carbocycles. The maximum Gasteiger partial charge on any atom is 0.162 e. The Morgan fingerprint density at radius 1 is 1.00 bits per heavy atom. The first-order valence-corrected chi connectivity index (χ1v) is 4.59. The van der Waals surface area contributed by atoms with Crippen molar-refractivity contribution in [2.75, 3.05) is 0 Å². The van der Waals surface area contributed by atoms with Crippen molar-refractivity contribution in [2.24, 2.45) is 0 Å². The summed E-state index contributed by atoms with van der Waals surface area (Å²) in [7, 11) is 0. The second-order valence-electron chi connectivity index (χ2n) is 3.24. The van der Waals surface area contributed by atoms with Crippen LogP contribution < -0.4 is 0 Å². The van der Waals surface area contributed by atoms with Gasteiger partial charge >= 0.3 is 0 Å². The summed E-state index contributed by atoms with van der Waals surface area (Å²) in [5.41, 5.74) is 1.12. The lowest BCUT2D eigenvalue weighted by atomic mass is 9.98. The molecule has 0 aromatic heterocycles. The van der Waals surface area contributed by atoms with Gasteiger partial charge in [0, 0.05) is 12.0 Å². The number of benzene rings is 1. The van der Waals surface area contributed by atoms with Crippen molar-refractivity contribution in [1.82, 2.24) is 0 Å². The van der Waals surface area contributed by atoms with Crippen LogP contribution in [0.3, 0.4) is 0 Å². The number of rotatable bonds is 1. The lowest BCUT2D eigenvalue weighted by Crippen LogP contribution is -1.94. The van der Waals surface area contributed by atoms with E-state index in [9.17, 15) is 8.78 Å². The van der Waals surface area contributed by atoms with Gasteiger partial charge in [0.2, 0.25) is 0 Å². The fourth-order valence-electron chi connectivity index (χ4n) is 1.55. The third-order valence-corrected chi connectivity index (χ3v) is 2.27. The van der Waals surface area contributed by atoms with Gasteiger partial charge in [-0.3, -0.25) is 0 Å². The third kappa shape index (κ3) is 1.60. The van der Waals surface area contributed by atoms with Crippen LogP contribution >= 0.6 is 0 Å². The van der Waals surface area contributed by atoms with Gasteiger partial charge in [-0.05, 0) is 12.0 Å². The zero-order chi connectivity index (χ0) is 9.97. The van der Waals surface area contributed by atoms with E-state index >= 15 is 0 Å². The number of halogens is 2. The molecule has 0 saturated heterocycles. The summed E-state index contributed by atoms with van der Waals surface area (Å²) in [5, 5.41) is 0. The van der Waals surface area contributed by atoms with Gasteiger partial charge in [0.05, 0.1) is 0 Å². The van der Waals surface area contributed by atoms with Gasteiger partial charge in [-0.2, -0.15) is 0 Å². The monoisotopic (exact) mass is 192 g/mol. The van der Waals surface area contributed by atoms with Crippen molar-refractivity contribution in [3.8, 4) is 0 Å². The topological polar surface area (TPSA) is 0 Å². The highest BCUT2D eigenvalue weighted by Crippen LogP contribution is 2.33. The Balaban J connectivity index is 2.41. The molecule has 0 bridgehead atoms. The Bertz CT molecular complexity index is 388. The van der Waals surface area contributed by atoms with Crippen molar-refractivity contribution in [2.45, 2.75) is 12.8 Å². The third-order valence-electron chi connectivity index (χ3n) is 2.27. The largest absolute Gasteiger partial charge is 0.209 e. The average molecular weight is 192 g/mol. The molecular formula is C12H10F2. The molecule has 1 aromatic rings. The Hall–Kier alpha value is -1.44. The van der Waals surface area contributed by atoms with E-state index in [0.29, 0.717) is 12.0 Å². The standard InChI is InChI=1S/C12H10F2/c13-11-8-4-7-10(12(11)14)9-5-2-1-3-6-9/h1-3,5-7H,4,8H2. The van der Waals surface area contributed by atoms with Crippen molar-refractivity contribution in [3.63, 3.8) is 0 Å². The van der Waals surface area contributed by atoms with Gasteiger partial charge in [0.15, 0.2) is 5.83 Å². The summed E-state index contributed by atoms with van der Waals surface area (Å²) in [5.74, 6) is -1.34. The minimum Gasteiger partial charge on any atom is -0.209 e. The first-order chi connectivity index (χ1) is 6.79. The van der Waals surface area contributed by atoms with E-state index in [4.69, 9.17) is 0 Å². The van der Waals surface area contributed by atoms with Crippen molar-refractivity contribution in [3.05, 3.63) is 53.6 Å². The summed E-state index contributed by atoms with van der Waals surface area (Å²) in [4.78, 5) is 0. The fraction of sp³-hybridized carbons (Fsp3) is 0.167. The van der Waals surface area contributed by atoms with Gasteiger partial charge in [-0.15, -0.1) is 0 Å². The lowest BCUT2D eigenvalue weighted by Gasteiger charge is -2.11. The number of hydrogen-bond donors (Lipinski definition) is 0. The first kappa shape index (κ1) is 9.13. The van der Waals surface area contributed by atoms with E-state index in [1.807, 2.05) is 18.2 Å². The van der Waals surface area contributed by atoms with Gasteiger partial charge in [0.25, 0.3) is 0 Å². The highest BCUT2D eigenvalue weighted by atomic mass is 19.2. The molecule has 0 amide bonds. The molecule has 0 heterocycles. The molecule has 72 valence electrons. The van der Waals surface area contributed by atoms with Crippen LogP contribution in [0.25, 0.3) is 5.57 Å². The molecule has 0 spiro atoms. The molecule has 2 rings (SSSR count). The molecule has 14 heavy (non-hydrogen) atoms. The molecule has 0 saturated carbocycles. The predicted octanol–water partition coefficient (Wildman–Crippen LogP) is 4.01. The fourth-order valence-corrected chi connectivity index (χ4v) is 1.55. The zero-order valence-corrected chi connectivity index (χ0v) is 7.63. The van der Waals surface area contributed by atoms with Gasteiger partial charge < -0.3 is 0 Å².